The summed E-state index contributed by atoms with van der Waals surface area (Å²) in [7, 11) is 0. The van der Waals surface area contributed by atoms with Crippen molar-refractivity contribution in [2.24, 2.45) is 5.73 Å². The smallest absolute Gasteiger partial charge is 0.272 e. The first kappa shape index (κ1) is 14.7. The van der Waals surface area contributed by atoms with Crippen LogP contribution in [0.25, 0.3) is 0 Å². The number of nitrogens with two attached hydrogens (primary N) is 1. The van der Waals surface area contributed by atoms with Gasteiger partial charge in [-0.25, -0.2) is 0 Å². The fraction of sp³-hybridized carbons (Fsp3) is 0.917. The van der Waals surface area contributed by atoms with Crippen molar-refractivity contribution in [3.8, 4) is 0 Å². The summed E-state index contributed by atoms with van der Waals surface area (Å²) >= 11 is 0. The quantitative estimate of drug-likeness (QED) is 0.526. The number of piperazine rings is 3. The SMILES string of the molecule is CCCC[N+]12CC[N+](CC(N)=O)(CC1)CC2.[Cl-]. The summed E-state index contributed by atoms with van der Waals surface area (Å²) < 4.78 is 2.29. The predicted molar refractivity (Wildman–Crippen MR) is 63.6 cm³/mol. The Labute approximate surface area is 110 Å². The summed E-state index contributed by atoms with van der Waals surface area (Å²) in [6.45, 7) is 11.4. The second-order valence-electron chi connectivity index (χ2n) is 5.73. The molecule has 2 bridgehead atoms. The number of fused-ring (bicyclic) bond motifs is 3. The summed E-state index contributed by atoms with van der Waals surface area (Å²) in [6, 6.07) is 0. The molecule has 100 valence electrons. The van der Waals surface area contributed by atoms with Gasteiger partial charge in [-0.05, 0) is 6.42 Å². The molecule has 5 heteroatoms. The topological polar surface area (TPSA) is 43.1 Å². The number of unbranched alkanes of at least 4 members (excludes halogenated alkanes) is 1. The Morgan fingerprint density at radius 3 is 1.94 bits per heavy atom. The lowest BCUT2D eigenvalue weighted by Gasteiger charge is -2.55. The Morgan fingerprint density at radius 1 is 1.06 bits per heavy atom. The lowest BCUT2D eigenvalue weighted by Crippen LogP contribution is -3.00. The number of amides is 1. The molecule has 0 unspecified atom stereocenters. The van der Waals surface area contributed by atoms with E-state index in [2.05, 4.69) is 6.92 Å². The Kier molecular flexibility index (Phi) is 4.81. The molecule has 1 amide bonds. The fourth-order valence-electron chi connectivity index (χ4n) is 3.34. The maximum atomic E-state index is 11.1. The molecule has 0 saturated carbocycles. The zero-order chi connectivity index (χ0) is 11.6. The van der Waals surface area contributed by atoms with Crippen molar-refractivity contribution in [1.82, 2.24) is 0 Å². The number of quaternary nitrogens is 2. The standard InChI is InChI=1S/C12H24N3O.ClH/c1-2-3-4-14-5-8-15(9-6-14,10-7-14)11-12(13)16;/h2-11H2,1H3,(H-,13,16);1H/q+1;. The summed E-state index contributed by atoms with van der Waals surface area (Å²) in [4.78, 5) is 11.1. The minimum Gasteiger partial charge on any atom is -1.00 e. The third kappa shape index (κ3) is 3.12. The van der Waals surface area contributed by atoms with Gasteiger partial charge >= 0.3 is 0 Å². The lowest BCUT2D eigenvalue weighted by atomic mass is 10.1. The van der Waals surface area contributed by atoms with Gasteiger partial charge < -0.3 is 27.1 Å². The van der Waals surface area contributed by atoms with Crippen LogP contribution in [0.2, 0.25) is 0 Å². The zero-order valence-corrected chi connectivity index (χ0v) is 11.6. The Hall–Kier alpha value is -0.320. The highest BCUT2D eigenvalue weighted by molar-refractivity contribution is 5.74. The number of carbonyl (C=O) groups excluding carboxylic acids is 1. The van der Waals surface area contributed by atoms with E-state index < -0.39 is 0 Å². The second kappa shape index (κ2) is 5.55. The van der Waals surface area contributed by atoms with Crippen molar-refractivity contribution < 1.29 is 26.2 Å². The number of halogens is 1. The van der Waals surface area contributed by atoms with E-state index in [4.69, 9.17) is 5.73 Å². The molecule has 0 aromatic carbocycles. The van der Waals surface area contributed by atoms with Crippen LogP contribution in [-0.2, 0) is 4.79 Å². The molecule has 3 rings (SSSR count). The summed E-state index contributed by atoms with van der Waals surface area (Å²) in [5, 5.41) is 0. The van der Waals surface area contributed by atoms with Gasteiger partial charge in [0.1, 0.15) is 39.3 Å². The van der Waals surface area contributed by atoms with Crippen molar-refractivity contribution in [1.29, 1.82) is 0 Å². The average molecular weight is 263 g/mol. The van der Waals surface area contributed by atoms with Crippen LogP contribution >= 0.6 is 0 Å². The van der Waals surface area contributed by atoms with Gasteiger partial charge in [0.2, 0.25) is 0 Å². The molecule has 0 atom stereocenters. The third-order valence-electron chi connectivity index (χ3n) is 4.62. The zero-order valence-electron chi connectivity index (χ0n) is 10.8. The molecule has 0 radical (unpaired) electrons. The van der Waals surface area contributed by atoms with Crippen LogP contribution in [0.1, 0.15) is 19.8 Å². The normalized spacial score (nSPS) is 35.4. The van der Waals surface area contributed by atoms with Crippen molar-refractivity contribution in [3.63, 3.8) is 0 Å². The van der Waals surface area contributed by atoms with Gasteiger partial charge in [0.15, 0.2) is 6.54 Å². The van der Waals surface area contributed by atoms with Crippen LogP contribution in [0.15, 0.2) is 0 Å². The van der Waals surface area contributed by atoms with Crippen LogP contribution in [0.3, 0.4) is 0 Å². The van der Waals surface area contributed by atoms with Gasteiger partial charge in [0, 0.05) is 0 Å². The first-order valence-corrected chi connectivity index (χ1v) is 6.58. The summed E-state index contributed by atoms with van der Waals surface area (Å²) in [5.41, 5.74) is 5.35. The third-order valence-corrected chi connectivity index (χ3v) is 4.62. The molecule has 3 saturated heterocycles. The number of nitrogens with zero attached hydrogens (tertiary/aromatic N) is 2. The maximum Gasteiger partial charge on any atom is 0.272 e. The highest BCUT2D eigenvalue weighted by Crippen LogP contribution is 2.26. The molecule has 3 aliphatic rings. The minimum absolute atomic E-state index is 0. The molecule has 0 aromatic heterocycles. The molecule has 2 N–H and O–H groups in total. The second-order valence-corrected chi connectivity index (χ2v) is 5.73. The average Bonchev–Trinajstić information content (AvgIpc) is 2.28. The van der Waals surface area contributed by atoms with E-state index in [9.17, 15) is 4.79 Å². The molecular formula is C12H25ClN3O+. The van der Waals surface area contributed by atoms with Crippen LogP contribution in [-0.4, -0.2) is 67.2 Å². The lowest BCUT2D eigenvalue weighted by molar-refractivity contribution is -1.08. The largest absolute Gasteiger partial charge is 1.00 e. The number of primary amides is 1. The Balaban J connectivity index is 0.00000144. The highest BCUT2D eigenvalue weighted by Gasteiger charge is 2.48. The molecule has 0 spiro atoms. The number of hydrogen-bond donors (Lipinski definition) is 1. The van der Waals surface area contributed by atoms with Crippen LogP contribution in [0.4, 0.5) is 0 Å². The molecule has 3 fully saturated rings. The van der Waals surface area contributed by atoms with E-state index in [1.54, 1.807) is 0 Å². The number of hydrogen-bond acceptors (Lipinski definition) is 1. The van der Waals surface area contributed by atoms with Crippen LogP contribution < -0.4 is 18.1 Å². The van der Waals surface area contributed by atoms with Crippen LogP contribution in [0.5, 0.6) is 0 Å². The molecular weight excluding hydrogens is 238 g/mol. The number of rotatable bonds is 5. The van der Waals surface area contributed by atoms with Gasteiger partial charge in [0.05, 0.1) is 6.54 Å². The first-order valence-electron chi connectivity index (χ1n) is 6.58. The van der Waals surface area contributed by atoms with Crippen molar-refractivity contribution in [2.75, 3.05) is 52.4 Å². The van der Waals surface area contributed by atoms with E-state index >= 15 is 0 Å². The minimum atomic E-state index is -0.129. The van der Waals surface area contributed by atoms with E-state index in [1.165, 1.54) is 43.5 Å². The highest BCUT2D eigenvalue weighted by atomic mass is 35.5. The van der Waals surface area contributed by atoms with Crippen molar-refractivity contribution in [3.05, 3.63) is 0 Å². The fourth-order valence-corrected chi connectivity index (χ4v) is 3.34. The Bertz CT molecular complexity index is 258. The van der Waals surface area contributed by atoms with Gasteiger partial charge in [-0.2, -0.15) is 0 Å². The summed E-state index contributed by atoms with van der Waals surface area (Å²) in [5.74, 6) is -0.129. The van der Waals surface area contributed by atoms with Gasteiger partial charge in [-0.3, -0.25) is 4.79 Å². The molecule has 4 nitrogen and oxygen atoms in total. The molecule has 17 heavy (non-hydrogen) atoms. The predicted octanol–water partition coefficient (Wildman–Crippen LogP) is -3.06. The molecule has 3 aliphatic heterocycles. The maximum absolute atomic E-state index is 11.1. The van der Waals surface area contributed by atoms with Gasteiger partial charge in [0.25, 0.3) is 5.91 Å². The van der Waals surface area contributed by atoms with Crippen molar-refractivity contribution >= 4 is 5.91 Å². The molecule has 0 aliphatic carbocycles. The Morgan fingerprint density at radius 2 is 1.53 bits per heavy atom. The van der Waals surface area contributed by atoms with E-state index in [1.807, 2.05) is 0 Å². The van der Waals surface area contributed by atoms with E-state index in [-0.39, 0.29) is 18.3 Å². The molecule has 0 aromatic rings. The first-order chi connectivity index (χ1) is 7.60. The van der Waals surface area contributed by atoms with Crippen molar-refractivity contribution in [2.45, 2.75) is 19.8 Å². The molecule has 3 heterocycles. The number of carbonyl (C=O) groups is 1. The van der Waals surface area contributed by atoms with E-state index in [0.29, 0.717) is 6.54 Å². The van der Waals surface area contributed by atoms with E-state index in [0.717, 1.165) is 24.1 Å². The summed E-state index contributed by atoms with van der Waals surface area (Å²) in [6.07, 6.45) is 2.64. The monoisotopic (exact) mass is 262 g/mol. The van der Waals surface area contributed by atoms with Gasteiger partial charge in [-0.1, -0.05) is 13.3 Å². The van der Waals surface area contributed by atoms with Gasteiger partial charge in [-0.15, -0.1) is 0 Å². The van der Waals surface area contributed by atoms with Crippen LogP contribution in [0, 0.1) is 0 Å².